The van der Waals surface area contributed by atoms with Crippen LogP contribution in [0, 0.1) is 17.8 Å². The van der Waals surface area contributed by atoms with Crippen LogP contribution in [0.15, 0.2) is 36.4 Å². The fraction of sp³-hybridized carbons (Fsp3) is 0.609. The van der Waals surface area contributed by atoms with Crippen LogP contribution in [0.25, 0.3) is 0 Å². The van der Waals surface area contributed by atoms with Crippen molar-refractivity contribution < 1.29 is 29.6 Å². The molecule has 1 aliphatic carbocycles. The zero-order valence-corrected chi connectivity index (χ0v) is 17.8. The van der Waals surface area contributed by atoms with Gasteiger partial charge in [0.2, 0.25) is 0 Å². The highest BCUT2D eigenvalue weighted by Gasteiger charge is 2.43. The van der Waals surface area contributed by atoms with E-state index in [0.717, 1.165) is 19.3 Å². The number of carboxylic acids is 1. The molecule has 1 saturated carbocycles. The average Bonchev–Trinajstić information content (AvgIpc) is 2.86. The molecule has 0 amide bonds. The molecule has 1 aromatic carbocycles. The van der Waals surface area contributed by atoms with Crippen LogP contribution in [0.3, 0.4) is 0 Å². The summed E-state index contributed by atoms with van der Waals surface area (Å²) in [5.74, 6) is 0.360. The Labute approximate surface area is 182 Å². The summed E-state index contributed by atoms with van der Waals surface area (Å²) in [6.07, 6.45) is 6.55. The Morgan fingerprint density at radius 1 is 1.37 bits per heavy atom. The van der Waals surface area contributed by atoms with Gasteiger partial charge in [-0.25, -0.2) is 0 Å². The van der Waals surface area contributed by atoms with Gasteiger partial charge >= 0.3 is 5.97 Å². The fourth-order valence-corrected chi connectivity index (χ4v) is 4.72. The number of hydrogen-bond donors (Lipinski definition) is 3. The van der Waals surface area contributed by atoms with Gasteiger partial charge in [-0.15, -0.1) is 0 Å². The van der Waals surface area contributed by atoms with Gasteiger partial charge in [-0.3, -0.25) is 4.79 Å². The summed E-state index contributed by atoms with van der Waals surface area (Å²) in [5.41, 5.74) is 0. The van der Waals surface area contributed by atoms with E-state index in [0.29, 0.717) is 36.1 Å². The summed E-state index contributed by atoms with van der Waals surface area (Å²) in [6, 6.07) is 7.02. The summed E-state index contributed by atoms with van der Waals surface area (Å²) < 4.78 is 11.7. The SMILES string of the molecule is O=C(O)CCCC1CC[C@@H]2[C@@H](/C=C/[C@@H](O)COc3cccc(Cl)c3)[C@H](O)C[C@@H]2OC1. The second-order valence-electron chi connectivity index (χ2n) is 8.37. The number of aliphatic carboxylic acids is 1. The monoisotopic (exact) mass is 438 g/mol. The molecule has 166 valence electrons. The van der Waals surface area contributed by atoms with Gasteiger partial charge in [0.1, 0.15) is 18.5 Å². The predicted molar refractivity (Wildman–Crippen MR) is 114 cm³/mol. The van der Waals surface area contributed by atoms with Gasteiger partial charge in [0.15, 0.2) is 0 Å². The second-order valence-corrected chi connectivity index (χ2v) is 8.80. The third-order valence-corrected chi connectivity index (χ3v) is 6.35. The molecule has 30 heavy (non-hydrogen) atoms. The number of benzene rings is 1. The van der Waals surface area contributed by atoms with Crippen molar-refractivity contribution in [1.82, 2.24) is 0 Å². The van der Waals surface area contributed by atoms with E-state index >= 15 is 0 Å². The van der Waals surface area contributed by atoms with E-state index in [1.165, 1.54) is 0 Å². The molecule has 3 N–H and O–H groups in total. The van der Waals surface area contributed by atoms with Gasteiger partial charge < -0.3 is 24.8 Å². The number of carbonyl (C=O) groups is 1. The first-order chi connectivity index (χ1) is 14.4. The smallest absolute Gasteiger partial charge is 0.303 e. The molecular weight excluding hydrogens is 408 g/mol. The van der Waals surface area contributed by atoms with Crippen LogP contribution in [-0.2, 0) is 9.53 Å². The van der Waals surface area contributed by atoms with Crippen molar-refractivity contribution in [2.45, 2.75) is 56.8 Å². The summed E-state index contributed by atoms with van der Waals surface area (Å²) >= 11 is 5.93. The first-order valence-corrected chi connectivity index (χ1v) is 11.1. The van der Waals surface area contributed by atoms with Crippen molar-refractivity contribution in [3.05, 3.63) is 41.4 Å². The fourth-order valence-electron chi connectivity index (χ4n) is 4.54. The van der Waals surface area contributed by atoms with E-state index in [4.69, 9.17) is 26.2 Å². The van der Waals surface area contributed by atoms with Gasteiger partial charge in [-0.1, -0.05) is 29.8 Å². The van der Waals surface area contributed by atoms with Gasteiger partial charge in [-0.05, 0) is 55.7 Å². The zero-order valence-electron chi connectivity index (χ0n) is 17.0. The molecule has 0 spiro atoms. The topological polar surface area (TPSA) is 96.2 Å². The molecule has 6 atom stereocenters. The number of ether oxygens (including phenoxy) is 2. The van der Waals surface area contributed by atoms with Crippen molar-refractivity contribution in [1.29, 1.82) is 0 Å². The van der Waals surface area contributed by atoms with Crippen molar-refractivity contribution in [3.8, 4) is 5.75 Å². The standard InChI is InChI=1S/C23H31ClO6/c24-16-4-2-5-18(11-16)29-14-17(25)8-10-19-20-9-7-15(3-1-6-23(27)28)13-30-22(20)12-21(19)26/h2,4-5,8,10-11,15,17,19-22,25-26H,1,3,6-7,9,12-14H2,(H,27,28)/b10-8+/t15?,17-,19-,20-,21-,22+/m1/s1. The Bertz CT molecular complexity index is 723. The highest BCUT2D eigenvalue weighted by atomic mass is 35.5. The Balaban J connectivity index is 1.49. The van der Waals surface area contributed by atoms with Crippen LogP contribution < -0.4 is 4.74 Å². The highest BCUT2D eigenvalue weighted by molar-refractivity contribution is 6.30. The molecule has 2 aliphatic rings. The number of fused-ring (bicyclic) bond motifs is 1. The van der Waals surface area contributed by atoms with Crippen molar-refractivity contribution in [2.24, 2.45) is 17.8 Å². The Hall–Kier alpha value is -1.60. The van der Waals surface area contributed by atoms with Gasteiger partial charge in [-0.2, -0.15) is 0 Å². The number of hydrogen-bond acceptors (Lipinski definition) is 5. The van der Waals surface area contributed by atoms with Crippen LogP contribution in [0.4, 0.5) is 0 Å². The summed E-state index contributed by atoms with van der Waals surface area (Å²) in [7, 11) is 0. The Kier molecular flexibility index (Phi) is 8.57. The zero-order chi connectivity index (χ0) is 21.5. The molecule has 7 heteroatoms. The van der Waals surface area contributed by atoms with Crippen LogP contribution in [-0.4, -0.2) is 52.8 Å². The van der Waals surface area contributed by atoms with Crippen LogP contribution in [0.1, 0.15) is 38.5 Å². The number of aliphatic hydroxyl groups is 2. The first kappa shape index (κ1) is 23.1. The van der Waals surface area contributed by atoms with E-state index in [-0.39, 0.29) is 31.0 Å². The Morgan fingerprint density at radius 2 is 2.20 bits per heavy atom. The molecule has 1 saturated heterocycles. The highest BCUT2D eigenvalue weighted by Crippen LogP contribution is 2.42. The third-order valence-electron chi connectivity index (χ3n) is 6.12. The minimum Gasteiger partial charge on any atom is -0.491 e. The maximum absolute atomic E-state index is 10.7. The molecule has 2 fully saturated rings. The normalized spacial score (nSPS) is 30.0. The van der Waals surface area contributed by atoms with E-state index in [2.05, 4.69) is 0 Å². The van der Waals surface area contributed by atoms with Crippen molar-refractivity contribution in [2.75, 3.05) is 13.2 Å². The van der Waals surface area contributed by atoms with E-state index in [1.54, 1.807) is 30.3 Å². The largest absolute Gasteiger partial charge is 0.491 e. The summed E-state index contributed by atoms with van der Waals surface area (Å²) in [6.45, 7) is 0.732. The number of aliphatic hydroxyl groups excluding tert-OH is 2. The van der Waals surface area contributed by atoms with E-state index in [1.807, 2.05) is 6.08 Å². The maximum atomic E-state index is 10.7. The second kappa shape index (κ2) is 11.1. The molecule has 0 bridgehead atoms. The molecule has 1 heterocycles. The molecule has 0 aromatic heterocycles. The predicted octanol–water partition coefficient (Wildman–Crippen LogP) is 3.68. The quantitative estimate of drug-likeness (QED) is 0.509. The van der Waals surface area contributed by atoms with Crippen LogP contribution >= 0.6 is 11.6 Å². The first-order valence-electron chi connectivity index (χ1n) is 10.7. The maximum Gasteiger partial charge on any atom is 0.303 e. The van der Waals surface area contributed by atoms with Crippen molar-refractivity contribution >= 4 is 17.6 Å². The van der Waals surface area contributed by atoms with Gasteiger partial charge in [0, 0.05) is 30.4 Å². The molecule has 1 aliphatic heterocycles. The lowest BCUT2D eigenvalue weighted by Crippen LogP contribution is -2.22. The summed E-state index contributed by atoms with van der Waals surface area (Å²) in [5, 5.41) is 30.2. The molecular formula is C23H31ClO6. The molecule has 1 aromatic rings. The lowest BCUT2D eigenvalue weighted by Gasteiger charge is -2.21. The van der Waals surface area contributed by atoms with Crippen molar-refractivity contribution in [3.63, 3.8) is 0 Å². The minimum absolute atomic E-state index is 0.0129. The molecule has 6 nitrogen and oxygen atoms in total. The molecule has 3 rings (SSSR count). The van der Waals surface area contributed by atoms with E-state index in [9.17, 15) is 15.0 Å². The molecule has 0 radical (unpaired) electrons. The molecule has 1 unspecified atom stereocenters. The van der Waals surface area contributed by atoms with E-state index < -0.39 is 18.2 Å². The Morgan fingerprint density at radius 3 is 2.97 bits per heavy atom. The lowest BCUT2D eigenvalue weighted by molar-refractivity contribution is -0.137. The lowest BCUT2D eigenvalue weighted by atomic mass is 9.86. The van der Waals surface area contributed by atoms with Gasteiger partial charge in [0.05, 0.1) is 12.2 Å². The van der Waals surface area contributed by atoms with Gasteiger partial charge in [0.25, 0.3) is 0 Å². The number of halogens is 1. The average molecular weight is 439 g/mol. The van der Waals surface area contributed by atoms with Crippen LogP contribution in [0.5, 0.6) is 5.75 Å². The van der Waals surface area contributed by atoms with Crippen LogP contribution in [0.2, 0.25) is 5.02 Å². The summed E-state index contributed by atoms with van der Waals surface area (Å²) in [4.78, 5) is 10.7. The minimum atomic E-state index is -0.786. The third kappa shape index (κ3) is 6.71. The number of carboxylic acid groups (broad SMARTS) is 1. The number of rotatable bonds is 9.